The highest BCUT2D eigenvalue weighted by molar-refractivity contribution is 7.17. The number of rotatable bonds is 4. The summed E-state index contributed by atoms with van der Waals surface area (Å²) in [5.41, 5.74) is 4.32. The van der Waals surface area contributed by atoms with Crippen molar-refractivity contribution in [3.8, 4) is 10.6 Å². The molecule has 0 aliphatic heterocycles. The molecule has 0 aliphatic rings. The molecular weight excluding hydrogens is 325 g/mol. The minimum absolute atomic E-state index is 0.309. The van der Waals surface area contributed by atoms with E-state index < -0.39 is 5.82 Å². The van der Waals surface area contributed by atoms with Crippen molar-refractivity contribution in [2.24, 2.45) is 5.10 Å². The molecule has 0 unspecified atom stereocenters. The van der Waals surface area contributed by atoms with Crippen molar-refractivity contribution in [1.82, 2.24) is 10.4 Å². The molecule has 3 rings (SSSR count). The van der Waals surface area contributed by atoms with Crippen LogP contribution in [0.25, 0.3) is 10.6 Å². The number of nitrogens with zero attached hydrogens (tertiary/aromatic N) is 2. The monoisotopic (exact) mass is 339 g/mol. The van der Waals surface area contributed by atoms with Crippen LogP contribution in [0.4, 0.5) is 4.39 Å². The molecule has 0 radical (unpaired) electrons. The number of halogens is 1. The Hall–Kier alpha value is -2.86. The van der Waals surface area contributed by atoms with Crippen LogP contribution in [0.3, 0.4) is 0 Å². The van der Waals surface area contributed by atoms with Crippen LogP contribution < -0.4 is 5.43 Å². The van der Waals surface area contributed by atoms with E-state index in [0.717, 1.165) is 10.6 Å². The quantitative estimate of drug-likeness (QED) is 0.576. The number of hydrogen-bond donors (Lipinski definition) is 1. The first-order chi connectivity index (χ1) is 11.6. The van der Waals surface area contributed by atoms with Crippen LogP contribution in [0.2, 0.25) is 0 Å². The van der Waals surface area contributed by atoms with E-state index >= 15 is 0 Å². The van der Waals surface area contributed by atoms with Gasteiger partial charge >= 0.3 is 0 Å². The maximum absolute atomic E-state index is 13.5. The Kier molecular flexibility index (Phi) is 4.77. The Labute approximate surface area is 142 Å². The maximum atomic E-state index is 13.5. The predicted octanol–water partition coefficient (Wildman–Crippen LogP) is 4.02. The van der Waals surface area contributed by atoms with Crippen LogP contribution in [0.1, 0.15) is 20.9 Å². The smallest absolute Gasteiger partial charge is 0.266 e. The number of hydrazone groups is 1. The number of benzene rings is 2. The highest BCUT2D eigenvalue weighted by Gasteiger charge is 2.15. The lowest BCUT2D eigenvalue weighted by Gasteiger charge is -1.98. The Morgan fingerprint density at radius 2 is 1.88 bits per heavy atom. The topological polar surface area (TPSA) is 54.4 Å². The summed E-state index contributed by atoms with van der Waals surface area (Å²) in [6, 6.07) is 15.9. The summed E-state index contributed by atoms with van der Waals surface area (Å²) in [5.74, 6) is -0.754. The van der Waals surface area contributed by atoms with Gasteiger partial charge in [0.1, 0.15) is 15.7 Å². The van der Waals surface area contributed by atoms with E-state index in [0.29, 0.717) is 16.1 Å². The fourth-order valence-electron chi connectivity index (χ4n) is 2.10. The molecule has 6 heteroatoms. The van der Waals surface area contributed by atoms with Gasteiger partial charge in [-0.05, 0) is 13.0 Å². The molecule has 2 aromatic carbocycles. The zero-order valence-corrected chi connectivity index (χ0v) is 13.7. The molecule has 3 aromatic rings. The molecule has 1 heterocycles. The number of hydrogen-bond acceptors (Lipinski definition) is 4. The zero-order valence-electron chi connectivity index (χ0n) is 12.9. The van der Waals surface area contributed by atoms with Crippen molar-refractivity contribution < 1.29 is 9.18 Å². The van der Waals surface area contributed by atoms with Crippen LogP contribution in [0.15, 0.2) is 59.7 Å². The summed E-state index contributed by atoms with van der Waals surface area (Å²) >= 11 is 1.30. The zero-order chi connectivity index (χ0) is 16.9. The second kappa shape index (κ2) is 7.14. The maximum Gasteiger partial charge on any atom is 0.283 e. The van der Waals surface area contributed by atoms with E-state index in [9.17, 15) is 9.18 Å². The summed E-state index contributed by atoms with van der Waals surface area (Å²) in [4.78, 5) is 17.2. The van der Waals surface area contributed by atoms with Crippen molar-refractivity contribution >= 4 is 23.5 Å². The molecule has 0 aliphatic carbocycles. The number of aryl methyl sites for hydroxylation is 1. The molecule has 1 aromatic heterocycles. The molecule has 1 N–H and O–H groups in total. The Morgan fingerprint density at radius 3 is 2.62 bits per heavy atom. The first-order valence-electron chi connectivity index (χ1n) is 7.26. The van der Waals surface area contributed by atoms with Gasteiger partial charge in [-0.25, -0.2) is 14.8 Å². The molecule has 0 atom stereocenters. The fourth-order valence-corrected chi connectivity index (χ4v) is 3.06. The van der Waals surface area contributed by atoms with Crippen LogP contribution in [0.5, 0.6) is 0 Å². The van der Waals surface area contributed by atoms with E-state index in [-0.39, 0.29) is 5.91 Å². The second-order valence-corrected chi connectivity index (χ2v) is 6.02. The van der Waals surface area contributed by atoms with Gasteiger partial charge in [0.05, 0.1) is 11.9 Å². The molecule has 120 valence electrons. The third-order valence-corrected chi connectivity index (χ3v) is 4.50. The number of amides is 1. The van der Waals surface area contributed by atoms with Gasteiger partial charge < -0.3 is 0 Å². The van der Waals surface area contributed by atoms with Gasteiger partial charge in [0.2, 0.25) is 0 Å². The molecule has 1 amide bonds. The van der Waals surface area contributed by atoms with Crippen LogP contribution in [-0.4, -0.2) is 17.1 Å². The Morgan fingerprint density at radius 1 is 1.17 bits per heavy atom. The molecule has 0 fully saturated rings. The lowest BCUT2D eigenvalue weighted by Crippen LogP contribution is -2.17. The van der Waals surface area contributed by atoms with Gasteiger partial charge in [-0.15, -0.1) is 11.3 Å². The van der Waals surface area contributed by atoms with Gasteiger partial charge in [0, 0.05) is 11.1 Å². The van der Waals surface area contributed by atoms with Crippen LogP contribution >= 0.6 is 11.3 Å². The molecule has 0 saturated heterocycles. The van der Waals surface area contributed by atoms with Crippen molar-refractivity contribution in [3.63, 3.8) is 0 Å². The third kappa shape index (κ3) is 3.55. The third-order valence-electron chi connectivity index (χ3n) is 3.30. The number of carbonyl (C=O) groups is 1. The van der Waals surface area contributed by atoms with E-state index in [1.807, 2.05) is 30.3 Å². The van der Waals surface area contributed by atoms with Gasteiger partial charge in [-0.3, -0.25) is 4.79 Å². The summed E-state index contributed by atoms with van der Waals surface area (Å²) in [6.07, 6.45) is 1.28. The number of thiazole rings is 1. The first-order valence-corrected chi connectivity index (χ1v) is 8.07. The average molecular weight is 339 g/mol. The molecule has 0 bridgehead atoms. The standard InChI is InChI=1S/C18H14FN3OS/c1-12-16(24-18(21-12)13-7-3-2-4-8-13)17(23)22-20-11-14-9-5-6-10-15(14)19/h2-11H,1H3,(H,22,23)/b20-11+. The van der Waals surface area contributed by atoms with E-state index in [4.69, 9.17) is 0 Å². The first kappa shape index (κ1) is 16.0. The van der Waals surface area contributed by atoms with E-state index in [1.54, 1.807) is 25.1 Å². The predicted molar refractivity (Wildman–Crippen MR) is 93.7 cm³/mol. The second-order valence-electron chi connectivity index (χ2n) is 5.02. The molecule has 24 heavy (non-hydrogen) atoms. The Bertz CT molecular complexity index is 890. The number of carbonyl (C=O) groups excluding carboxylic acids is 1. The summed E-state index contributed by atoms with van der Waals surface area (Å²) in [6.45, 7) is 1.78. The minimum atomic E-state index is -0.393. The summed E-state index contributed by atoms with van der Waals surface area (Å²) < 4.78 is 13.5. The van der Waals surface area contributed by atoms with Crippen molar-refractivity contribution in [1.29, 1.82) is 0 Å². The van der Waals surface area contributed by atoms with Gasteiger partial charge in [0.15, 0.2) is 0 Å². The van der Waals surface area contributed by atoms with Crippen LogP contribution in [0, 0.1) is 12.7 Å². The highest BCUT2D eigenvalue weighted by Crippen LogP contribution is 2.27. The van der Waals surface area contributed by atoms with Crippen LogP contribution in [-0.2, 0) is 0 Å². The van der Waals surface area contributed by atoms with Crippen molar-refractivity contribution in [2.45, 2.75) is 6.92 Å². The average Bonchev–Trinajstić information content (AvgIpc) is 2.99. The highest BCUT2D eigenvalue weighted by atomic mass is 32.1. The largest absolute Gasteiger partial charge is 0.283 e. The normalized spacial score (nSPS) is 10.9. The summed E-state index contributed by atoms with van der Waals surface area (Å²) in [5, 5.41) is 4.59. The number of nitrogens with one attached hydrogen (secondary N) is 1. The van der Waals surface area contributed by atoms with E-state index in [1.165, 1.54) is 23.6 Å². The Balaban J connectivity index is 1.74. The summed E-state index contributed by atoms with van der Waals surface area (Å²) in [7, 11) is 0. The van der Waals surface area contributed by atoms with Crippen molar-refractivity contribution in [2.75, 3.05) is 0 Å². The molecular formula is C18H14FN3OS. The lowest BCUT2D eigenvalue weighted by atomic mass is 10.2. The van der Waals surface area contributed by atoms with Gasteiger partial charge in [-0.1, -0.05) is 48.5 Å². The van der Waals surface area contributed by atoms with E-state index in [2.05, 4.69) is 15.5 Å². The molecule has 0 saturated carbocycles. The molecule has 0 spiro atoms. The fraction of sp³-hybridized carbons (Fsp3) is 0.0556. The van der Waals surface area contributed by atoms with Gasteiger partial charge in [-0.2, -0.15) is 5.10 Å². The lowest BCUT2D eigenvalue weighted by molar-refractivity contribution is 0.0958. The number of aromatic nitrogens is 1. The molecule has 4 nitrogen and oxygen atoms in total. The van der Waals surface area contributed by atoms with Gasteiger partial charge in [0.25, 0.3) is 5.91 Å². The van der Waals surface area contributed by atoms with Crippen molar-refractivity contribution in [3.05, 3.63) is 76.5 Å². The minimum Gasteiger partial charge on any atom is -0.266 e. The SMILES string of the molecule is Cc1nc(-c2ccccc2)sc1C(=O)N/N=C/c1ccccc1F.